The molecular weight excluding hydrogens is 292 g/mol. The lowest BCUT2D eigenvalue weighted by Crippen LogP contribution is -2.61. The standard InChI is InChI=1S/C14H21ClN4O2/c1-5-6-11-14(21)19(9(3)13(20)16-11)7-10-8(2)17-18(4)12(10)15/h9,11H,5-7H2,1-4H3,(H,16,20). The van der Waals surface area contributed by atoms with Crippen molar-refractivity contribution in [3.05, 3.63) is 16.4 Å². The normalized spacial score (nSPS) is 22.6. The summed E-state index contributed by atoms with van der Waals surface area (Å²) in [7, 11) is 1.76. The fourth-order valence-corrected chi connectivity index (χ4v) is 2.84. The van der Waals surface area contributed by atoms with Gasteiger partial charge in [0.15, 0.2) is 0 Å². The van der Waals surface area contributed by atoms with Gasteiger partial charge in [-0.25, -0.2) is 0 Å². The predicted molar refractivity (Wildman–Crippen MR) is 79.8 cm³/mol. The van der Waals surface area contributed by atoms with E-state index in [0.29, 0.717) is 18.1 Å². The van der Waals surface area contributed by atoms with Crippen molar-refractivity contribution in [2.75, 3.05) is 0 Å². The average molecular weight is 313 g/mol. The number of nitrogens with zero attached hydrogens (tertiary/aromatic N) is 3. The first-order valence-corrected chi connectivity index (χ1v) is 7.53. The number of nitrogens with one attached hydrogen (secondary N) is 1. The molecule has 6 nitrogen and oxygen atoms in total. The number of rotatable bonds is 4. The van der Waals surface area contributed by atoms with Crippen LogP contribution in [0.4, 0.5) is 0 Å². The number of hydrogen-bond acceptors (Lipinski definition) is 3. The number of hydrogen-bond donors (Lipinski definition) is 1. The number of carbonyl (C=O) groups is 2. The maximum absolute atomic E-state index is 12.5. The predicted octanol–water partition coefficient (Wildman–Crippen LogP) is 1.40. The Balaban J connectivity index is 2.27. The maximum atomic E-state index is 12.5. The second-order valence-electron chi connectivity index (χ2n) is 5.47. The van der Waals surface area contributed by atoms with Crippen LogP contribution >= 0.6 is 11.6 Å². The molecule has 1 aromatic rings. The molecule has 1 N–H and O–H groups in total. The first-order valence-electron chi connectivity index (χ1n) is 7.15. The Morgan fingerprint density at radius 3 is 2.57 bits per heavy atom. The van der Waals surface area contributed by atoms with Crippen LogP contribution in [0.3, 0.4) is 0 Å². The van der Waals surface area contributed by atoms with Gasteiger partial charge in [-0.15, -0.1) is 0 Å². The molecule has 116 valence electrons. The van der Waals surface area contributed by atoms with Gasteiger partial charge in [-0.1, -0.05) is 24.9 Å². The third kappa shape index (κ3) is 2.90. The van der Waals surface area contributed by atoms with Crippen molar-refractivity contribution in [3.8, 4) is 0 Å². The van der Waals surface area contributed by atoms with E-state index in [-0.39, 0.29) is 11.8 Å². The second-order valence-corrected chi connectivity index (χ2v) is 5.83. The van der Waals surface area contributed by atoms with Gasteiger partial charge in [0.25, 0.3) is 0 Å². The van der Waals surface area contributed by atoms with Crippen LogP contribution in [0.15, 0.2) is 0 Å². The van der Waals surface area contributed by atoms with E-state index >= 15 is 0 Å². The molecule has 0 aliphatic carbocycles. The van der Waals surface area contributed by atoms with Crippen LogP contribution in [0, 0.1) is 6.92 Å². The fourth-order valence-electron chi connectivity index (χ4n) is 2.61. The van der Waals surface area contributed by atoms with Crippen LogP contribution in [-0.2, 0) is 23.2 Å². The van der Waals surface area contributed by atoms with Gasteiger partial charge in [-0.05, 0) is 20.3 Å². The Hall–Kier alpha value is -1.56. The lowest BCUT2D eigenvalue weighted by Gasteiger charge is -2.37. The number of carbonyl (C=O) groups excluding carboxylic acids is 2. The molecule has 0 aromatic carbocycles. The van der Waals surface area contributed by atoms with Crippen molar-refractivity contribution in [1.82, 2.24) is 20.0 Å². The molecule has 2 atom stereocenters. The van der Waals surface area contributed by atoms with Crippen LogP contribution in [0.2, 0.25) is 5.15 Å². The molecule has 1 saturated heterocycles. The van der Waals surface area contributed by atoms with Crippen molar-refractivity contribution < 1.29 is 9.59 Å². The summed E-state index contributed by atoms with van der Waals surface area (Å²) in [6, 6.07) is -0.935. The molecule has 0 saturated carbocycles. The van der Waals surface area contributed by atoms with Gasteiger partial charge in [-0.2, -0.15) is 5.10 Å². The SMILES string of the molecule is CCCC1NC(=O)C(C)N(Cc2c(C)nn(C)c2Cl)C1=O. The zero-order chi connectivity index (χ0) is 15.7. The van der Waals surface area contributed by atoms with E-state index in [1.165, 1.54) is 0 Å². The van der Waals surface area contributed by atoms with Crippen molar-refractivity contribution in [2.24, 2.45) is 7.05 Å². The summed E-state index contributed by atoms with van der Waals surface area (Å²) in [5, 5.41) is 7.53. The summed E-state index contributed by atoms with van der Waals surface area (Å²) in [4.78, 5) is 26.2. The third-order valence-electron chi connectivity index (χ3n) is 3.92. The summed E-state index contributed by atoms with van der Waals surface area (Å²) in [5.74, 6) is -0.172. The molecule has 7 heteroatoms. The lowest BCUT2D eigenvalue weighted by atomic mass is 10.0. The van der Waals surface area contributed by atoms with Crippen LogP contribution in [0.5, 0.6) is 0 Å². The van der Waals surface area contributed by atoms with Gasteiger partial charge in [0.05, 0.1) is 12.2 Å². The van der Waals surface area contributed by atoms with E-state index < -0.39 is 12.1 Å². The quantitative estimate of drug-likeness (QED) is 0.914. The molecule has 0 radical (unpaired) electrons. The highest BCUT2D eigenvalue weighted by molar-refractivity contribution is 6.30. The van der Waals surface area contributed by atoms with Gasteiger partial charge in [0.1, 0.15) is 17.2 Å². The Morgan fingerprint density at radius 2 is 2.05 bits per heavy atom. The van der Waals surface area contributed by atoms with Gasteiger partial charge in [0, 0.05) is 12.6 Å². The molecule has 1 aliphatic rings. The molecule has 1 aromatic heterocycles. The first kappa shape index (κ1) is 15.8. The molecule has 21 heavy (non-hydrogen) atoms. The largest absolute Gasteiger partial charge is 0.343 e. The number of halogens is 1. The molecule has 1 fully saturated rings. The van der Waals surface area contributed by atoms with Crippen LogP contribution in [0.1, 0.15) is 37.9 Å². The van der Waals surface area contributed by atoms with Crippen molar-refractivity contribution in [1.29, 1.82) is 0 Å². The molecular formula is C14H21ClN4O2. The van der Waals surface area contributed by atoms with E-state index in [9.17, 15) is 9.59 Å². The van der Waals surface area contributed by atoms with Gasteiger partial charge in [-0.3, -0.25) is 14.3 Å². The van der Waals surface area contributed by atoms with Crippen LogP contribution < -0.4 is 5.32 Å². The van der Waals surface area contributed by atoms with Crippen molar-refractivity contribution in [2.45, 2.75) is 52.2 Å². The van der Waals surface area contributed by atoms with E-state index in [1.807, 2.05) is 13.8 Å². The minimum atomic E-state index is -0.499. The summed E-state index contributed by atoms with van der Waals surface area (Å²) in [6.07, 6.45) is 1.49. The lowest BCUT2D eigenvalue weighted by molar-refractivity contribution is -0.149. The van der Waals surface area contributed by atoms with Gasteiger partial charge >= 0.3 is 0 Å². The van der Waals surface area contributed by atoms with E-state index in [2.05, 4.69) is 10.4 Å². The maximum Gasteiger partial charge on any atom is 0.246 e. The molecule has 0 spiro atoms. The third-order valence-corrected chi connectivity index (χ3v) is 4.39. The molecule has 2 heterocycles. The fraction of sp³-hybridized carbons (Fsp3) is 0.643. The highest BCUT2D eigenvalue weighted by atomic mass is 35.5. The summed E-state index contributed by atoms with van der Waals surface area (Å²) < 4.78 is 1.58. The number of amides is 2. The Kier molecular flexibility index (Phi) is 4.56. The zero-order valence-electron chi connectivity index (χ0n) is 12.8. The van der Waals surface area contributed by atoms with Gasteiger partial charge in [0.2, 0.25) is 11.8 Å². The Bertz CT molecular complexity index is 570. The molecule has 2 amide bonds. The second kappa shape index (κ2) is 6.05. The van der Waals surface area contributed by atoms with Crippen LogP contribution in [0.25, 0.3) is 0 Å². The minimum absolute atomic E-state index is 0.0525. The number of aromatic nitrogens is 2. The Morgan fingerprint density at radius 1 is 1.38 bits per heavy atom. The van der Waals surface area contributed by atoms with Gasteiger partial charge < -0.3 is 10.2 Å². The van der Waals surface area contributed by atoms with Crippen molar-refractivity contribution >= 4 is 23.4 Å². The van der Waals surface area contributed by atoms with Crippen LogP contribution in [-0.4, -0.2) is 38.6 Å². The summed E-state index contributed by atoms with van der Waals surface area (Å²) >= 11 is 6.22. The Labute approximate surface area is 129 Å². The average Bonchev–Trinajstić information content (AvgIpc) is 2.67. The highest BCUT2D eigenvalue weighted by Crippen LogP contribution is 2.23. The molecule has 0 bridgehead atoms. The topological polar surface area (TPSA) is 67.2 Å². The smallest absolute Gasteiger partial charge is 0.246 e. The number of piperazine rings is 1. The monoisotopic (exact) mass is 312 g/mol. The first-order chi connectivity index (χ1) is 9.86. The molecule has 2 unspecified atom stereocenters. The van der Waals surface area contributed by atoms with E-state index in [4.69, 9.17) is 11.6 Å². The zero-order valence-corrected chi connectivity index (χ0v) is 13.6. The highest BCUT2D eigenvalue weighted by Gasteiger charge is 2.38. The molecule has 2 rings (SSSR count). The molecule has 1 aliphatic heterocycles. The minimum Gasteiger partial charge on any atom is -0.343 e. The summed E-state index contributed by atoms with van der Waals surface area (Å²) in [6.45, 7) is 5.88. The summed E-state index contributed by atoms with van der Waals surface area (Å²) in [5.41, 5.74) is 1.57. The van der Waals surface area contributed by atoms with E-state index in [0.717, 1.165) is 17.7 Å². The van der Waals surface area contributed by atoms with Crippen molar-refractivity contribution in [3.63, 3.8) is 0 Å². The number of aryl methyl sites for hydroxylation is 2. The van der Waals surface area contributed by atoms with E-state index in [1.54, 1.807) is 23.6 Å².